The summed E-state index contributed by atoms with van der Waals surface area (Å²) in [5, 5.41) is 9.69. The topological polar surface area (TPSA) is 120 Å². The number of carbonyl (C=O) groups is 2. The van der Waals surface area contributed by atoms with E-state index in [0.717, 1.165) is 6.42 Å². The molecule has 1 aliphatic heterocycles. The van der Waals surface area contributed by atoms with E-state index in [2.05, 4.69) is 0 Å². The summed E-state index contributed by atoms with van der Waals surface area (Å²) in [4.78, 5) is 44.0. The number of nitrogens with zero attached hydrogens (tertiary/aromatic N) is 2. The number of esters is 1. The average molecular weight is 607 g/mol. The highest BCUT2D eigenvalue weighted by Crippen LogP contribution is 2.37. The van der Waals surface area contributed by atoms with Crippen LogP contribution in [0.1, 0.15) is 54.4 Å². The summed E-state index contributed by atoms with van der Waals surface area (Å²) < 4.78 is 18.9. The van der Waals surface area contributed by atoms with Crippen molar-refractivity contribution in [1.29, 1.82) is 0 Å². The standard InChI is InChI=1S/C31H27ClN2O7S/c1-4-8-22-26(30(38)40-5-2)27(19-9-6-7-10-23(19)39-3)34-28(35)25(42-31(34)33-22)16-18-12-14-24(41-18)20-15-17(29(36)37)11-13-21(20)32/h6-7,9-16,27H,4-5,8H2,1-3H3,(H,36,37)/b25-16-/t27-/m1/s1. The van der Waals surface area contributed by atoms with Crippen molar-refractivity contribution in [1.82, 2.24) is 4.57 Å². The zero-order valence-corrected chi connectivity index (χ0v) is 24.6. The van der Waals surface area contributed by atoms with Gasteiger partial charge in [-0.1, -0.05) is 54.5 Å². The van der Waals surface area contributed by atoms with Crippen LogP contribution in [0.15, 0.2) is 80.1 Å². The fraction of sp³-hybridized carbons (Fsp3) is 0.226. The summed E-state index contributed by atoms with van der Waals surface area (Å²) in [5.74, 6) is -0.392. The third kappa shape index (κ3) is 5.43. The van der Waals surface area contributed by atoms with Gasteiger partial charge in [0, 0.05) is 17.2 Å². The molecule has 2 aromatic carbocycles. The highest BCUT2D eigenvalue weighted by molar-refractivity contribution is 7.07. The lowest BCUT2D eigenvalue weighted by molar-refractivity contribution is -0.139. The lowest BCUT2D eigenvalue weighted by Gasteiger charge is -2.26. The number of allylic oxidation sites excluding steroid dienone is 1. The molecule has 0 aliphatic carbocycles. The number of carbonyl (C=O) groups excluding carboxylic acids is 1. The molecule has 216 valence electrons. The van der Waals surface area contributed by atoms with Crippen LogP contribution in [0.4, 0.5) is 0 Å². The van der Waals surface area contributed by atoms with Crippen LogP contribution in [0.2, 0.25) is 5.02 Å². The molecule has 1 aliphatic rings. The molecule has 1 atom stereocenters. The molecule has 0 fully saturated rings. The number of halogens is 1. The molecule has 0 amide bonds. The van der Waals surface area contributed by atoms with Gasteiger partial charge in [-0.3, -0.25) is 9.36 Å². The predicted molar refractivity (Wildman–Crippen MR) is 159 cm³/mol. The lowest BCUT2D eigenvalue weighted by Crippen LogP contribution is -2.40. The Labute approximate surface area is 249 Å². The van der Waals surface area contributed by atoms with Gasteiger partial charge in [0.15, 0.2) is 4.80 Å². The van der Waals surface area contributed by atoms with Crippen LogP contribution in [-0.4, -0.2) is 35.3 Å². The number of rotatable bonds is 9. The zero-order chi connectivity index (χ0) is 30.0. The number of hydrogen-bond acceptors (Lipinski definition) is 8. The molecule has 0 bridgehead atoms. The number of fused-ring (bicyclic) bond motifs is 1. The Balaban J connectivity index is 1.68. The summed E-state index contributed by atoms with van der Waals surface area (Å²) in [7, 11) is 1.54. The first-order valence-electron chi connectivity index (χ1n) is 13.2. The first-order valence-corrected chi connectivity index (χ1v) is 14.4. The number of furan rings is 1. The van der Waals surface area contributed by atoms with E-state index in [9.17, 15) is 19.5 Å². The zero-order valence-electron chi connectivity index (χ0n) is 23.0. The summed E-state index contributed by atoms with van der Waals surface area (Å²) >= 11 is 7.50. The van der Waals surface area contributed by atoms with Crippen molar-refractivity contribution in [3.8, 4) is 17.1 Å². The van der Waals surface area contributed by atoms with Crippen LogP contribution in [0.25, 0.3) is 17.4 Å². The maximum absolute atomic E-state index is 14.0. The summed E-state index contributed by atoms with van der Waals surface area (Å²) in [6.07, 6.45) is 2.84. The normalized spacial score (nSPS) is 14.9. The molecule has 11 heteroatoms. The number of benzene rings is 2. The van der Waals surface area contributed by atoms with Crippen molar-refractivity contribution >= 4 is 41.0 Å². The summed E-state index contributed by atoms with van der Waals surface area (Å²) in [6, 6.07) is 14.1. The molecule has 0 radical (unpaired) electrons. The predicted octanol–water partition coefficient (Wildman–Crippen LogP) is 5.20. The second kappa shape index (κ2) is 12.2. The first-order chi connectivity index (χ1) is 20.3. The van der Waals surface area contributed by atoms with Crippen molar-refractivity contribution in [2.24, 2.45) is 4.99 Å². The van der Waals surface area contributed by atoms with Gasteiger partial charge in [-0.25, -0.2) is 14.6 Å². The molecule has 5 rings (SSSR count). The van der Waals surface area contributed by atoms with Gasteiger partial charge in [-0.05, 0) is 49.7 Å². The smallest absolute Gasteiger partial charge is 0.338 e. The second-order valence-corrected chi connectivity index (χ2v) is 10.8. The number of aromatic nitrogens is 1. The Morgan fingerprint density at radius 2 is 1.95 bits per heavy atom. The fourth-order valence-corrected chi connectivity index (χ4v) is 6.07. The van der Waals surface area contributed by atoms with Crippen molar-refractivity contribution in [3.63, 3.8) is 0 Å². The van der Waals surface area contributed by atoms with Crippen molar-refractivity contribution in [2.75, 3.05) is 13.7 Å². The van der Waals surface area contributed by atoms with Crippen molar-refractivity contribution < 1.29 is 28.6 Å². The molecule has 0 unspecified atom stereocenters. The molecule has 42 heavy (non-hydrogen) atoms. The van der Waals surface area contributed by atoms with Crippen LogP contribution in [0.3, 0.4) is 0 Å². The van der Waals surface area contributed by atoms with Gasteiger partial charge in [0.1, 0.15) is 23.3 Å². The van der Waals surface area contributed by atoms with Gasteiger partial charge in [-0.2, -0.15) is 0 Å². The third-order valence-corrected chi connectivity index (χ3v) is 8.02. The Morgan fingerprint density at radius 3 is 2.67 bits per heavy atom. The molecular weight excluding hydrogens is 580 g/mol. The lowest BCUT2D eigenvalue weighted by atomic mass is 9.93. The first kappa shape index (κ1) is 29.1. The van der Waals surface area contributed by atoms with Crippen molar-refractivity contribution in [2.45, 2.75) is 32.7 Å². The van der Waals surface area contributed by atoms with E-state index in [0.29, 0.717) is 60.4 Å². The molecule has 9 nitrogen and oxygen atoms in total. The van der Waals surface area contributed by atoms with E-state index < -0.39 is 18.0 Å². The third-order valence-electron chi connectivity index (χ3n) is 6.70. The monoisotopic (exact) mass is 606 g/mol. The maximum Gasteiger partial charge on any atom is 0.338 e. The van der Waals surface area contributed by atoms with Crippen LogP contribution in [0, 0.1) is 0 Å². The van der Waals surface area contributed by atoms with E-state index in [-0.39, 0.29) is 17.7 Å². The highest BCUT2D eigenvalue weighted by atomic mass is 35.5. The second-order valence-electron chi connectivity index (χ2n) is 9.36. The van der Waals surface area contributed by atoms with Crippen LogP contribution in [-0.2, 0) is 9.53 Å². The number of methoxy groups -OCH3 is 1. The quantitative estimate of drug-likeness (QED) is 0.260. The van der Waals surface area contributed by atoms with E-state index in [1.165, 1.54) is 41.2 Å². The number of carboxylic acid groups (broad SMARTS) is 1. The van der Waals surface area contributed by atoms with E-state index in [4.69, 9.17) is 30.5 Å². The number of para-hydroxylation sites is 1. The van der Waals surface area contributed by atoms with Crippen LogP contribution < -0.4 is 19.6 Å². The largest absolute Gasteiger partial charge is 0.496 e. The minimum absolute atomic E-state index is 0.0669. The highest BCUT2D eigenvalue weighted by Gasteiger charge is 2.35. The molecular formula is C31H27ClN2O7S. The number of aromatic carboxylic acids is 1. The van der Waals surface area contributed by atoms with Gasteiger partial charge < -0.3 is 19.0 Å². The number of hydrogen-bond donors (Lipinski definition) is 1. The molecule has 0 spiro atoms. The number of thiazole rings is 1. The van der Waals surface area contributed by atoms with Gasteiger partial charge in [0.05, 0.1) is 40.1 Å². The van der Waals surface area contributed by atoms with Crippen LogP contribution in [0.5, 0.6) is 5.75 Å². The Kier molecular flexibility index (Phi) is 8.46. The average Bonchev–Trinajstić information content (AvgIpc) is 3.56. The Bertz CT molecular complexity index is 1900. The summed E-state index contributed by atoms with van der Waals surface area (Å²) in [6.45, 7) is 3.89. The molecule has 1 N–H and O–H groups in total. The Morgan fingerprint density at radius 1 is 1.17 bits per heavy atom. The van der Waals surface area contributed by atoms with Gasteiger partial charge >= 0.3 is 11.9 Å². The minimum Gasteiger partial charge on any atom is -0.496 e. The molecule has 4 aromatic rings. The Hall–Kier alpha value is -4.41. The van der Waals surface area contributed by atoms with Gasteiger partial charge in [0.25, 0.3) is 5.56 Å². The van der Waals surface area contributed by atoms with Gasteiger partial charge in [0.2, 0.25) is 0 Å². The minimum atomic E-state index is -1.09. The summed E-state index contributed by atoms with van der Waals surface area (Å²) in [5.41, 5.74) is 1.61. The number of ether oxygens (including phenoxy) is 2. The van der Waals surface area contributed by atoms with E-state index in [1.54, 1.807) is 31.2 Å². The van der Waals surface area contributed by atoms with Crippen LogP contribution >= 0.6 is 22.9 Å². The van der Waals surface area contributed by atoms with E-state index >= 15 is 0 Å². The van der Waals surface area contributed by atoms with E-state index in [1.807, 2.05) is 25.1 Å². The molecule has 3 heterocycles. The fourth-order valence-electron chi connectivity index (χ4n) is 4.86. The van der Waals surface area contributed by atoms with Gasteiger partial charge in [-0.15, -0.1) is 0 Å². The number of carboxylic acids is 1. The molecule has 0 saturated carbocycles. The maximum atomic E-state index is 14.0. The SMILES string of the molecule is CCCC1=C(C(=O)OCC)[C@@H](c2ccccc2OC)n2c(s/c(=C\c3ccc(-c4cc(C(=O)O)ccc4Cl)o3)c2=O)=N1. The van der Waals surface area contributed by atoms with Crippen molar-refractivity contribution in [3.05, 3.63) is 107 Å². The molecule has 0 saturated heterocycles. The molecule has 2 aromatic heterocycles.